The first-order valence-corrected chi connectivity index (χ1v) is 8.90. The van der Waals surface area contributed by atoms with E-state index in [4.69, 9.17) is 5.11 Å². The van der Waals surface area contributed by atoms with Gasteiger partial charge in [-0.15, -0.1) is 0 Å². The number of amides is 1. The summed E-state index contributed by atoms with van der Waals surface area (Å²) in [6.45, 7) is 3.56. The molecular formula is C14H21N3O6S. The van der Waals surface area contributed by atoms with Crippen LogP contribution in [-0.2, 0) is 10.0 Å². The van der Waals surface area contributed by atoms with Gasteiger partial charge in [-0.3, -0.25) is 10.1 Å². The van der Waals surface area contributed by atoms with E-state index in [-0.39, 0.29) is 13.0 Å². The summed E-state index contributed by atoms with van der Waals surface area (Å²) < 4.78 is 26.9. The third kappa shape index (κ3) is 4.90. The predicted molar refractivity (Wildman–Crippen MR) is 87.4 cm³/mol. The van der Waals surface area contributed by atoms with Crippen molar-refractivity contribution >= 4 is 21.8 Å². The van der Waals surface area contributed by atoms with E-state index in [1.165, 1.54) is 12.1 Å². The van der Waals surface area contributed by atoms with Crippen molar-refractivity contribution in [1.82, 2.24) is 10.0 Å². The molecule has 24 heavy (non-hydrogen) atoms. The lowest BCUT2D eigenvalue weighted by molar-refractivity contribution is -0.387. The topological polar surface area (TPSA) is 139 Å². The Balaban J connectivity index is 2.90. The number of hydrogen-bond acceptors (Lipinski definition) is 5. The van der Waals surface area contributed by atoms with Gasteiger partial charge in [0.1, 0.15) is 0 Å². The molecule has 0 aliphatic carbocycles. The van der Waals surface area contributed by atoms with Crippen LogP contribution in [0.3, 0.4) is 0 Å². The predicted octanol–water partition coefficient (Wildman–Crippen LogP) is 2.09. The molecular weight excluding hydrogens is 338 g/mol. The third-order valence-electron chi connectivity index (χ3n) is 3.97. The standard InChI is InChI=1S/C14H21N3O6S/c1-3-14(4-2,16-13(18)19)9-10-15-24(22,23)12-8-6-5-7-11(12)17(20)21/h5-8,15-16H,3-4,9-10H2,1-2H3,(H,18,19). The van der Waals surface area contributed by atoms with E-state index in [2.05, 4.69) is 10.0 Å². The van der Waals surface area contributed by atoms with Crippen molar-refractivity contribution in [3.63, 3.8) is 0 Å². The highest BCUT2D eigenvalue weighted by Gasteiger charge is 2.30. The van der Waals surface area contributed by atoms with Gasteiger partial charge < -0.3 is 10.4 Å². The zero-order valence-electron chi connectivity index (χ0n) is 13.5. The lowest BCUT2D eigenvalue weighted by atomic mass is 9.89. The highest BCUT2D eigenvalue weighted by Crippen LogP contribution is 2.23. The van der Waals surface area contributed by atoms with Crippen LogP contribution in [0.2, 0.25) is 0 Å². The average molecular weight is 359 g/mol. The minimum Gasteiger partial charge on any atom is -0.465 e. The number of nitro benzene ring substituents is 1. The quantitative estimate of drug-likeness (QED) is 0.456. The fourth-order valence-electron chi connectivity index (χ4n) is 2.41. The van der Waals surface area contributed by atoms with Crippen molar-refractivity contribution in [3.05, 3.63) is 34.4 Å². The second-order valence-electron chi connectivity index (χ2n) is 5.29. The smallest absolute Gasteiger partial charge is 0.405 e. The van der Waals surface area contributed by atoms with Gasteiger partial charge >= 0.3 is 6.09 Å². The van der Waals surface area contributed by atoms with Crippen LogP contribution < -0.4 is 10.0 Å². The van der Waals surface area contributed by atoms with Crippen LogP contribution in [0.25, 0.3) is 0 Å². The van der Waals surface area contributed by atoms with Gasteiger partial charge in [0.05, 0.1) is 4.92 Å². The number of carbonyl (C=O) groups is 1. The van der Waals surface area contributed by atoms with E-state index >= 15 is 0 Å². The Kier molecular flexibility index (Phi) is 6.67. The molecule has 0 saturated carbocycles. The van der Waals surface area contributed by atoms with Crippen molar-refractivity contribution in [1.29, 1.82) is 0 Å². The number of para-hydroxylation sites is 1. The van der Waals surface area contributed by atoms with E-state index < -0.39 is 37.2 Å². The van der Waals surface area contributed by atoms with E-state index in [1.807, 2.05) is 0 Å². The van der Waals surface area contributed by atoms with Gasteiger partial charge in [0.25, 0.3) is 5.69 Å². The second-order valence-corrected chi connectivity index (χ2v) is 7.03. The maximum absolute atomic E-state index is 12.3. The molecule has 1 aromatic carbocycles. The minimum atomic E-state index is -4.07. The molecule has 134 valence electrons. The first-order chi connectivity index (χ1) is 11.2. The summed E-state index contributed by atoms with van der Waals surface area (Å²) in [6.07, 6.45) is 0.0262. The fraction of sp³-hybridized carbons (Fsp3) is 0.500. The monoisotopic (exact) mass is 359 g/mol. The largest absolute Gasteiger partial charge is 0.465 e. The summed E-state index contributed by atoms with van der Waals surface area (Å²) in [5, 5.41) is 22.3. The minimum absolute atomic E-state index is 0.0453. The summed E-state index contributed by atoms with van der Waals surface area (Å²) in [7, 11) is -4.07. The number of sulfonamides is 1. The van der Waals surface area contributed by atoms with Crippen molar-refractivity contribution in [3.8, 4) is 0 Å². The van der Waals surface area contributed by atoms with Crippen LogP contribution in [0, 0.1) is 10.1 Å². The number of benzene rings is 1. The van der Waals surface area contributed by atoms with Crippen LogP contribution in [-0.4, -0.2) is 36.6 Å². The number of rotatable bonds is 9. The summed E-state index contributed by atoms with van der Waals surface area (Å²) in [4.78, 5) is 20.7. The molecule has 0 fully saturated rings. The Morgan fingerprint density at radius 2 is 1.88 bits per heavy atom. The van der Waals surface area contributed by atoms with E-state index in [1.54, 1.807) is 13.8 Å². The third-order valence-corrected chi connectivity index (χ3v) is 5.48. The SMILES string of the molecule is CCC(CC)(CCNS(=O)(=O)c1ccccc1[N+](=O)[O-])NC(=O)O. The molecule has 0 radical (unpaired) electrons. The molecule has 9 nitrogen and oxygen atoms in total. The highest BCUT2D eigenvalue weighted by molar-refractivity contribution is 7.89. The molecule has 0 spiro atoms. The van der Waals surface area contributed by atoms with Crippen LogP contribution in [0.5, 0.6) is 0 Å². The maximum Gasteiger partial charge on any atom is 0.405 e. The van der Waals surface area contributed by atoms with E-state index in [0.717, 1.165) is 12.1 Å². The Morgan fingerprint density at radius 3 is 2.38 bits per heavy atom. The first-order valence-electron chi connectivity index (χ1n) is 7.41. The van der Waals surface area contributed by atoms with E-state index in [9.17, 15) is 23.3 Å². The van der Waals surface area contributed by atoms with Gasteiger partial charge in [-0.1, -0.05) is 26.0 Å². The second kappa shape index (κ2) is 8.06. The van der Waals surface area contributed by atoms with Gasteiger partial charge in [0, 0.05) is 18.2 Å². The van der Waals surface area contributed by atoms with Crippen LogP contribution in [0.15, 0.2) is 29.2 Å². The molecule has 0 atom stereocenters. The average Bonchev–Trinajstić information content (AvgIpc) is 2.53. The summed E-state index contributed by atoms with van der Waals surface area (Å²) in [6, 6.07) is 5.05. The summed E-state index contributed by atoms with van der Waals surface area (Å²) in [5.41, 5.74) is -1.26. The van der Waals surface area contributed by atoms with Crippen LogP contribution in [0.1, 0.15) is 33.1 Å². The van der Waals surface area contributed by atoms with Crippen LogP contribution >= 0.6 is 0 Å². The molecule has 1 aromatic rings. The lowest BCUT2D eigenvalue weighted by Gasteiger charge is -2.31. The zero-order valence-corrected chi connectivity index (χ0v) is 14.3. The summed E-state index contributed by atoms with van der Waals surface area (Å²) in [5.74, 6) is 0. The van der Waals surface area contributed by atoms with Crippen molar-refractivity contribution in [2.45, 2.75) is 43.5 Å². The Labute approximate surface area is 140 Å². The number of hydrogen-bond donors (Lipinski definition) is 3. The van der Waals surface area contributed by atoms with Gasteiger partial charge in [0.15, 0.2) is 4.90 Å². The molecule has 0 saturated heterocycles. The van der Waals surface area contributed by atoms with Gasteiger partial charge in [-0.2, -0.15) is 0 Å². The fourth-order valence-corrected chi connectivity index (χ4v) is 3.61. The molecule has 1 amide bonds. The highest BCUT2D eigenvalue weighted by atomic mass is 32.2. The van der Waals surface area contributed by atoms with Crippen molar-refractivity contribution in [2.24, 2.45) is 0 Å². The van der Waals surface area contributed by atoms with Gasteiger partial charge in [0.2, 0.25) is 10.0 Å². The Bertz CT molecular complexity index is 700. The molecule has 10 heteroatoms. The molecule has 0 aliphatic heterocycles. The normalized spacial score (nSPS) is 11.9. The van der Waals surface area contributed by atoms with E-state index in [0.29, 0.717) is 12.8 Å². The van der Waals surface area contributed by atoms with Gasteiger partial charge in [-0.05, 0) is 25.3 Å². The molecule has 0 aliphatic rings. The number of nitrogens with zero attached hydrogens (tertiary/aromatic N) is 1. The van der Waals surface area contributed by atoms with Crippen LogP contribution in [0.4, 0.5) is 10.5 Å². The number of nitrogens with one attached hydrogen (secondary N) is 2. The Morgan fingerprint density at radius 1 is 1.29 bits per heavy atom. The summed E-state index contributed by atoms with van der Waals surface area (Å²) >= 11 is 0. The van der Waals surface area contributed by atoms with Crippen molar-refractivity contribution in [2.75, 3.05) is 6.54 Å². The molecule has 1 rings (SSSR count). The first kappa shape index (κ1) is 19.8. The number of nitro groups is 1. The lowest BCUT2D eigenvalue weighted by Crippen LogP contribution is -2.49. The zero-order chi connectivity index (χ0) is 18.4. The van der Waals surface area contributed by atoms with Crippen molar-refractivity contribution < 1.29 is 23.2 Å². The van der Waals surface area contributed by atoms with Gasteiger partial charge in [-0.25, -0.2) is 17.9 Å². The molecule has 0 aromatic heterocycles. The molecule has 0 heterocycles. The maximum atomic E-state index is 12.3. The molecule has 0 bridgehead atoms. The Hall–Kier alpha value is -2.20. The molecule has 0 unspecified atom stereocenters. The molecule has 3 N–H and O–H groups in total. The number of carboxylic acid groups (broad SMARTS) is 1.